The number of rotatable bonds is 7. The first-order valence-electron chi connectivity index (χ1n) is 12.7. The number of benzene rings is 3. The Hall–Kier alpha value is -3.93. The summed E-state index contributed by atoms with van der Waals surface area (Å²) in [5.41, 5.74) is 3.85. The van der Waals surface area contributed by atoms with Gasteiger partial charge in [0.25, 0.3) is 11.8 Å². The summed E-state index contributed by atoms with van der Waals surface area (Å²) in [5, 5.41) is 3.10. The van der Waals surface area contributed by atoms with Crippen LogP contribution in [0, 0.1) is 0 Å². The Bertz CT molecular complexity index is 1270. The predicted octanol–water partition coefficient (Wildman–Crippen LogP) is 4.59. The number of para-hydroxylation sites is 1. The van der Waals surface area contributed by atoms with Gasteiger partial charge in [0.15, 0.2) is 0 Å². The highest BCUT2D eigenvalue weighted by atomic mass is 16.2. The molecule has 3 amide bonds. The molecule has 184 valence electrons. The zero-order chi connectivity index (χ0) is 25.1. The average Bonchev–Trinajstić information content (AvgIpc) is 3.38. The van der Waals surface area contributed by atoms with Crippen molar-refractivity contribution < 1.29 is 14.4 Å². The molecule has 0 bridgehead atoms. The number of fused-ring (bicyclic) bond motifs is 2. The van der Waals surface area contributed by atoms with Gasteiger partial charge < -0.3 is 15.1 Å². The van der Waals surface area contributed by atoms with Crippen molar-refractivity contribution in [3.63, 3.8) is 0 Å². The molecule has 0 saturated carbocycles. The van der Waals surface area contributed by atoms with Gasteiger partial charge in [0.2, 0.25) is 5.91 Å². The number of anilines is 1. The molecule has 1 saturated heterocycles. The molecule has 3 aromatic rings. The molecule has 6 heteroatoms. The zero-order valence-electron chi connectivity index (χ0n) is 20.5. The van der Waals surface area contributed by atoms with Crippen LogP contribution < -0.4 is 10.2 Å². The van der Waals surface area contributed by atoms with Gasteiger partial charge in [-0.25, -0.2) is 0 Å². The van der Waals surface area contributed by atoms with Crippen LogP contribution in [0.3, 0.4) is 0 Å². The van der Waals surface area contributed by atoms with Gasteiger partial charge in [-0.05, 0) is 68.0 Å². The summed E-state index contributed by atoms with van der Waals surface area (Å²) >= 11 is 0. The molecule has 5 rings (SSSR count). The summed E-state index contributed by atoms with van der Waals surface area (Å²) in [6.45, 7) is 2.93. The number of hydrogen-bond donors (Lipinski definition) is 1. The highest BCUT2D eigenvalue weighted by molar-refractivity contribution is 6.11. The van der Waals surface area contributed by atoms with Gasteiger partial charge in [0, 0.05) is 18.2 Å². The molecular formula is C30H31N3O3. The lowest BCUT2D eigenvalue weighted by Gasteiger charge is -2.26. The molecule has 0 unspecified atom stereocenters. The number of amides is 3. The summed E-state index contributed by atoms with van der Waals surface area (Å²) in [4.78, 5) is 43.1. The fourth-order valence-corrected chi connectivity index (χ4v) is 5.17. The second-order valence-corrected chi connectivity index (χ2v) is 9.70. The van der Waals surface area contributed by atoms with Crippen LogP contribution in [0.25, 0.3) is 0 Å². The van der Waals surface area contributed by atoms with E-state index in [2.05, 4.69) is 17.4 Å². The Morgan fingerprint density at radius 1 is 0.972 bits per heavy atom. The van der Waals surface area contributed by atoms with E-state index in [0.29, 0.717) is 36.3 Å². The maximum Gasteiger partial charge on any atom is 0.256 e. The highest BCUT2D eigenvalue weighted by Crippen LogP contribution is 2.33. The lowest BCUT2D eigenvalue weighted by atomic mass is 10.0. The lowest BCUT2D eigenvalue weighted by molar-refractivity contribution is -0.122. The molecule has 36 heavy (non-hydrogen) atoms. The van der Waals surface area contributed by atoms with E-state index in [-0.39, 0.29) is 23.8 Å². The molecule has 0 spiro atoms. The first-order chi connectivity index (χ1) is 17.5. The molecule has 2 aliphatic heterocycles. The third kappa shape index (κ3) is 4.89. The largest absolute Gasteiger partial charge is 0.350 e. The van der Waals surface area contributed by atoms with Gasteiger partial charge in [0.1, 0.15) is 6.04 Å². The molecule has 6 nitrogen and oxygen atoms in total. The summed E-state index contributed by atoms with van der Waals surface area (Å²) < 4.78 is 0. The van der Waals surface area contributed by atoms with Gasteiger partial charge in [0.05, 0.1) is 17.8 Å². The van der Waals surface area contributed by atoms with Crippen LogP contribution in [-0.2, 0) is 17.8 Å². The summed E-state index contributed by atoms with van der Waals surface area (Å²) in [7, 11) is 0. The Morgan fingerprint density at radius 2 is 1.72 bits per heavy atom. The van der Waals surface area contributed by atoms with Crippen LogP contribution in [0.4, 0.5) is 5.69 Å². The number of carbonyl (C=O) groups is 3. The number of carbonyl (C=O) groups excluding carboxylic acids is 3. The predicted molar refractivity (Wildman–Crippen MR) is 140 cm³/mol. The summed E-state index contributed by atoms with van der Waals surface area (Å²) in [6, 6.07) is 24.6. The summed E-state index contributed by atoms with van der Waals surface area (Å²) in [6.07, 6.45) is 3.25. The van der Waals surface area contributed by atoms with E-state index in [0.717, 1.165) is 24.8 Å². The fourth-order valence-electron chi connectivity index (χ4n) is 5.17. The van der Waals surface area contributed by atoms with Crippen LogP contribution in [-0.4, -0.2) is 41.2 Å². The number of nitrogens with zero attached hydrogens (tertiary/aromatic N) is 2. The fraction of sp³-hybridized carbons (Fsp3) is 0.300. The normalized spacial score (nSPS) is 17.9. The quantitative estimate of drug-likeness (QED) is 0.537. The molecule has 3 aromatic carbocycles. The first kappa shape index (κ1) is 23.8. The van der Waals surface area contributed by atoms with Gasteiger partial charge in [-0.15, -0.1) is 0 Å². The Balaban J connectivity index is 1.31. The Kier molecular flexibility index (Phi) is 6.85. The molecular weight excluding hydrogens is 450 g/mol. The Morgan fingerprint density at radius 3 is 2.56 bits per heavy atom. The third-order valence-electron chi connectivity index (χ3n) is 7.11. The van der Waals surface area contributed by atoms with Crippen molar-refractivity contribution in [3.05, 3.63) is 101 Å². The lowest BCUT2D eigenvalue weighted by Crippen LogP contribution is -2.44. The van der Waals surface area contributed by atoms with E-state index in [9.17, 15) is 14.4 Å². The molecule has 1 N–H and O–H groups in total. The number of hydrogen-bond acceptors (Lipinski definition) is 3. The van der Waals surface area contributed by atoms with E-state index >= 15 is 0 Å². The number of aryl methyl sites for hydroxylation is 1. The molecule has 1 fully saturated rings. The van der Waals surface area contributed by atoms with Crippen LogP contribution in [0.5, 0.6) is 0 Å². The standard InChI is InChI=1S/C30H31N3O3/c1-21(16-17-22-9-3-2-4-10-22)31-28(34)24-12-7-11-23(19-24)20-33-26-14-6-5-13-25(26)29(35)32-18-8-15-27(32)30(33)36/h2-7,9-14,19,21,27H,8,15-18,20H2,1H3,(H,31,34)/t21-,27+/m0/s1. The molecule has 0 aliphatic carbocycles. The molecule has 2 heterocycles. The highest BCUT2D eigenvalue weighted by Gasteiger charge is 2.41. The van der Waals surface area contributed by atoms with Gasteiger partial charge in [-0.1, -0.05) is 54.6 Å². The second kappa shape index (κ2) is 10.4. The van der Waals surface area contributed by atoms with Crippen LogP contribution in [0.1, 0.15) is 58.0 Å². The minimum Gasteiger partial charge on any atom is -0.350 e. The topological polar surface area (TPSA) is 69.7 Å². The van der Waals surface area contributed by atoms with Crippen LogP contribution >= 0.6 is 0 Å². The van der Waals surface area contributed by atoms with Crippen molar-refractivity contribution in [1.82, 2.24) is 10.2 Å². The maximum absolute atomic E-state index is 13.5. The maximum atomic E-state index is 13.5. The monoisotopic (exact) mass is 481 g/mol. The van der Waals surface area contributed by atoms with E-state index in [4.69, 9.17) is 0 Å². The van der Waals surface area contributed by atoms with Crippen LogP contribution in [0.15, 0.2) is 78.9 Å². The van der Waals surface area contributed by atoms with Crippen molar-refractivity contribution in [3.8, 4) is 0 Å². The van der Waals surface area contributed by atoms with E-state index < -0.39 is 6.04 Å². The van der Waals surface area contributed by atoms with Crippen molar-refractivity contribution in [2.45, 2.75) is 51.2 Å². The van der Waals surface area contributed by atoms with Gasteiger partial charge >= 0.3 is 0 Å². The van der Waals surface area contributed by atoms with Gasteiger partial charge in [-0.2, -0.15) is 0 Å². The van der Waals surface area contributed by atoms with Crippen LogP contribution in [0.2, 0.25) is 0 Å². The SMILES string of the molecule is C[C@@H](CCc1ccccc1)NC(=O)c1cccc(CN2C(=O)[C@H]3CCCN3C(=O)c3ccccc32)c1. The van der Waals surface area contributed by atoms with E-state index in [1.165, 1.54) is 5.56 Å². The van der Waals surface area contributed by atoms with E-state index in [1.54, 1.807) is 21.9 Å². The van der Waals surface area contributed by atoms with Crippen molar-refractivity contribution in [1.29, 1.82) is 0 Å². The minimum absolute atomic E-state index is 0.0276. The smallest absolute Gasteiger partial charge is 0.256 e. The molecule has 2 atom stereocenters. The van der Waals surface area contributed by atoms with E-state index in [1.807, 2.05) is 61.5 Å². The first-order valence-corrected chi connectivity index (χ1v) is 12.7. The Labute approximate surface area is 211 Å². The summed E-state index contributed by atoms with van der Waals surface area (Å²) in [5.74, 6) is -0.270. The van der Waals surface area contributed by atoms with Crippen molar-refractivity contribution in [2.75, 3.05) is 11.4 Å². The molecule has 0 radical (unpaired) electrons. The second-order valence-electron chi connectivity index (χ2n) is 9.70. The van der Waals surface area contributed by atoms with Gasteiger partial charge in [-0.3, -0.25) is 14.4 Å². The van der Waals surface area contributed by atoms with Crippen molar-refractivity contribution >= 4 is 23.4 Å². The molecule has 0 aromatic heterocycles. The average molecular weight is 482 g/mol. The third-order valence-corrected chi connectivity index (χ3v) is 7.11. The minimum atomic E-state index is -0.429. The number of nitrogens with one attached hydrogen (secondary N) is 1. The molecule has 2 aliphatic rings. The zero-order valence-corrected chi connectivity index (χ0v) is 20.5. The van der Waals surface area contributed by atoms with Crippen molar-refractivity contribution in [2.24, 2.45) is 0 Å².